The number of nitrogens with one attached hydrogen (secondary N) is 1. The van der Waals surface area contributed by atoms with E-state index in [0.717, 1.165) is 0 Å². The molecule has 0 bridgehead atoms. The molecule has 1 amide bonds. The minimum absolute atomic E-state index is 0.0964. The SMILES string of the molecule is CCNC(=O)CS(=O)Cc1cc(C(=O)O)oc1C. The number of carboxylic acid groups (broad SMARTS) is 1. The molecule has 0 aliphatic carbocycles. The van der Waals surface area contributed by atoms with Gasteiger partial charge in [-0.25, -0.2) is 4.79 Å². The van der Waals surface area contributed by atoms with Crippen molar-refractivity contribution < 1.29 is 23.3 Å². The molecular formula is C11H15NO5S. The van der Waals surface area contributed by atoms with E-state index < -0.39 is 16.8 Å². The molecule has 7 heteroatoms. The van der Waals surface area contributed by atoms with Crippen molar-refractivity contribution in [3.8, 4) is 0 Å². The number of furan rings is 1. The van der Waals surface area contributed by atoms with Crippen molar-refractivity contribution in [2.45, 2.75) is 19.6 Å². The third kappa shape index (κ3) is 3.99. The van der Waals surface area contributed by atoms with E-state index in [9.17, 15) is 13.8 Å². The molecule has 1 aromatic rings. The predicted molar refractivity (Wildman–Crippen MR) is 65.8 cm³/mol. The predicted octanol–water partition coefficient (Wildman–Crippen LogP) is 0.671. The highest BCUT2D eigenvalue weighted by molar-refractivity contribution is 7.84. The molecule has 6 nitrogen and oxygen atoms in total. The summed E-state index contributed by atoms with van der Waals surface area (Å²) in [5, 5.41) is 11.3. The first-order valence-electron chi connectivity index (χ1n) is 5.38. The maximum atomic E-state index is 11.7. The lowest BCUT2D eigenvalue weighted by Crippen LogP contribution is -2.28. The van der Waals surface area contributed by atoms with Crippen LogP contribution in [0.15, 0.2) is 10.5 Å². The highest BCUT2D eigenvalue weighted by Gasteiger charge is 2.16. The molecule has 0 saturated heterocycles. The molecule has 0 aliphatic rings. The molecule has 18 heavy (non-hydrogen) atoms. The van der Waals surface area contributed by atoms with Crippen molar-refractivity contribution in [2.24, 2.45) is 0 Å². The minimum Gasteiger partial charge on any atom is -0.475 e. The summed E-state index contributed by atoms with van der Waals surface area (Å²) in [7, 11) is -1.38. The van der Waals surface area contributed by atoms with Crippen molar-refractivity contribution in [1.29, 1.82) is 0 Å². The third-order valence-electron chi connectivity index (χ3n) is 2.21. The number of carbonyl (C=O) groups is 2. The van der Waals surface area contributed by atoms with E-state index >= 15 is 0 Å². The van der Waals surface area contributed by atoms with Crippen molar-refractivity contribution in [2.75, 3.05) is 12.3 Å². The molecule has 0 fully saturated rings. The quantitative estimate of drug-likeness (QED) is 0.794. The van der Waals surface area contributed by atoms with Crippen molar-refractivity contribution in [1.82, 2.24) is 5.32 Å². The fourth-order valence-corrected chi connectivity index (χ4v) is 2.52. The van der Waals surface area contributed by atoms with E-state index in [1.54, 1.807) is 13.8 Å². The van der Waals surface area contributed by atoms with E-state index in [-0.39, 0.29) is 23.2 Å². The van der Waals surface area contributed by atoms with Gasteiger partial charge in [-0.05, 0) is 19.9 Å². The number of hydrogen-bond donors (Lipinski definition) is 2. The zero-order valence-corrected chi connectivity index (χ0v) is 11.0. The molecule has 0 aromatic carbocycles. The second kappa shape index (κ2) is 6.34. The summed E-state index contributed by atoms with van der Waals surface area (Å²) < 4.78 is 16.7. The molecule has 1 unspecified atom stereocenters. The summed E-state index contributed by atoms with van der Waals surface area (Å²) in [6.45, 7) is 3.87. The molecule has 1 aromatic heterocycles. The number of amides is 1. The van der Waals surface area contributed by atoms with Gasteiger partial charge in [0.1, 0.15) is 11.5 Å². The lowest BCUT2D eigenvalue weighted by Gasteiger charge is -2.01. The van der Waals surface area contributed by atoms with Gasteiger partial charge in [-0.15, -0.1) is 0 Å². The smallest absolute Gasteiger partial charge is 0.371 e. The Morgan fingerprint density at radius 3 is 2.67 bits per heavy atom. The maximum absolute atomic E-state index is 11.7. The molecule has 0 radical (unpaired) electrons. The highest BCUT2D eigenvalue weighted by Crippen LogP contribution is 2.16. The van der Waals surface area contributed by atoms with Gasteiger partial charge in [0.15, 0.2) is 0 Å². The first-order valence-corrected chi connectivity index (χ1v) is 6.87. The average Bonchev–Trinajstić information content (AvgIpc) is 2.60. The molecule has 0 spiro atoms. The van der Waals surface area contributed by atoms with Crippen LogP contribution < -0.4 is 5.32 Å². The first kappa shape index (κ1) is 14.4. The van der Waals surface area contributed by atoms with Gasteiger partial charge >= 0.3 is 5.97 Å². The van der Waals surface area contributed by atoms with Crippen LogP contribution in [0.25, 0.3) is 0 Å². The van der Waals surface area contributed by atoms with E-state index in [0.29, 0.717) is 17.9 Å². The van der Waals surface area contributed by atoms with Crippen molar-refractivity contribution in [3.63, 3.8) is 0 Å². The normalized spacial score (nSPS) is 12.1. The van der Waals surface area contributed by atoms with Gasteiger partial charge < -0.3 is 14.8 Å². The third-order valence-corrected chi connectivity index (χ3v) is 3.43. The lowest BCUT2D eigenvalue weighted by atomic mass is 10.3. The maximum Gasteiger partial charge on any atom is 0.371 e. The van der Waals surface area contributed by atoms with Crippen molar-refractivity contribution in [3.05, 3.63) is 23.2 Å². The van der Waals surface area contributed by atoms with Crippen LogP contribution in [-0.2, 0) is 21.3 Å². The number of rotatable bonds is 6. The van der Waals surface area contributed by atoms with Gasteiger partial charge in [-0.3, -0.25) is 9.00 Å². The molecule has 1 heterocycles. The Balaban J connectivity index is 2.64. The Labute approximate surface area is 107 Å². The van der Waals surface area contributed by atoms with Crippen LogP contribution in [0.5, 0.6) is 0 Å². The first-order chi connectivity index (χ1) is 8.43. The standard InChI is InChI=1S/C11H15NO5S/c1-3-12-10(13)6-18(16)5-8-4-9(11(14)15)17-7(8)2/h4H,3,5-6H2,1-2H3,(H,12,13)(H,14,15). The molecule has 100 valence electrons. The highest BCUT2D eigenvalue weighted by atomic mass is 32.2. The molecular weight excluding hydrogens is 258 g/mol. The number of aromatic carboxylic acids is 1. The Bertz CT molecular complexity index is 480. The summed E-state index contributed by atoms with van der Waals surface area (Å²) in [4.78, 5) is 21.9. The van der Waals surface area contributed by atoms with E-state index in [2.05, 4.69) is 5.32 Å². The van der Waals surface area contributed by atoms with Crippen LogP contribution in [-0.4, -0.2) is 33.5 Å². The van der Waals surface area contributed by atoms with E-state index in [4.69, 9.17) is 9.52 Å². The van der Waals surface area contributed by atoms with Gasteiger partial charge in [0.05, 0.1) is 5.75 Å². The monoisotopic (exact) mass is 273 g/mol. The minimum atomic E-state index is -1.38. The van der Waals surface area contributed by atoms with Crippen LogP contribution in [0.2, 0.25) is 0 Å². The summed E-state index contributed by atoms with van der Waals surface area (Å²) in [5.74, 6) is -1.20. The topological polar surface area (TPSA) is 96.6 Å². The lowest BCUT2D eigenvalue weighted by molar-refractivity contribution is -0.118. The van der Waals surface area contributed by atoms with E-state index in [1.165, 1.54) is 6.07 Å². The Morgan fingerprint density at radius 1 is 1.50 bits per heavy atom. The largest absolute Gasteiger partial charge is 0.475 e. The second-order valence-corrected chi connectivity index (χ2v) is 5.14. The Hall–Kier alpha value is -1.63. The Kier molecular flexibility index (Phi) is 5.08. The Morgan fingerprint density at radius 2 is 2.17 bits per heavy atom. The fraction of sp³-hybridized carbons (Fsp3) is 0.455. The van der Waals surface area contributed by atoms with Crippen LogP contribution in [0.4, 0.5) is 0 Å². The number of hydrogen-bond acceptors (Lipinski definition) is 4. The zero-order valence-electron chi connectivity index (χ0n) is 10.2. The van der Waals surface area contributed by atoms with Crippen LogP contribution >= 0.6 is 0 Å². The van der Waals surface area contributed by atoms with Crippen LogP contribution in [0.3, 0.4) is 0 Å². The molecule has 1 rings (SSSR count). The van der Waals surface area contributed by atoms with Gasteiger partial charge in [0.2, 0.25) is 11.7 Å². The number of carboxylic acids is 1. The summed E-state index contributed by atoms with van der Waals surface area (Å²) in [6, 6.07) is 1.34. The second-order valence-electron chi connectivity index (χ2n) is 3.68. The van der Waals surface area contributed by atoms with Gasteiger partial charge in [0, 0.05) is 22.9 Å². The number of carbonyl (C=O) groups excluding carboxylic acids is 1. The van der Waals surface area contributed by atoms with Crippen LogP contribution in [0, 0.1) is 6.92 Å². The average molecular weight is 273 g/mol. The fourth-order valence-electron chi connectivity index (χ4n) is 1.39. The molecule has 2 N–H and O–H groups in total. The zero-order chi connectivity index (χ0) is 13.7. The molecule has 0 aliphatic heterocycles. The summed E-state index contributed by atoms with van der Waals surface area (Å²) in [5.41, 5.74) is 0.551. The van der Waals surface area contributed by atoms with Crippen LogP contribution in [0.1, 0.15) is 28.8 Å². The summed E-state index contributed by atoms with van der Waals surface area (Å²) >= 11 is 0. The molecule has 0 saturated carbocycles. The van der Waals surface area contributed by atoms with Gasteiger partial charge in [0.25, 0.3) is 0 Å². The number of aryl methyl sites for hydroxylation is 1. The van der Waals surface area contributed by atoms with Gasteiger partial charge in [-0.1, -0.05) is 0 Å². The summed E-state index contributed by atoms with van der Waals surface area (Å²) in [6.07, 6.45) is 0. The van der Waals surface area contributed by atoms with Gasteiger partial charge in [-0.2, -0.15) is 0 Å². The van der Waals surface area contributed by atoms with Crippen molar-refractivity contribution >= 4 is 22.7 Å². The molecule has 1 atom stereocenters. The van der Waals surface area contributed by atoms with E-state index in [1.807, 2.05) is 0 Å².